The molecule has 0 atom stereocenters. The molecule has 0 fully saturated rings. The first-order valence-electron chi connectivity index (χ1n) is 3.68. The monoisotopic (exact) mass is 165 g/mol. The summed E-state index contributed by atoms with van der Waals surface area (Å²) < 4.78 is 0. The minimum Gasteiger partial charge on any atom is -0.352 e. The topological polar surface area (TPSA) is 57.8 Å². The molecule has 2 N–H and O–H groups in total. The lowest BCUT2D eigenvalue weighted by Crippen LogP contribution is -2.21. The molecule has 4 heteroatoms. The summed E-state index contributed by atoms with van der Waals surface area (Å²) in [5, 5.41) is 9.13. The van der Waals surface area contributed by atoms with E-state index in [2.05, 4.69) is 22.1 Å². The highest BCUT2D eigenvalue weighted by molar-refractivity contribution is 5.77. The van der Waals surface area contributed by atoms with Gasteiger partial charge in [0.25, 0.3) is 0 Å². The first kappa shape index (κ1) is 8.52. The van der Waals surface area contributed by atoms with Crippen LogP contribution in [0.4, 0.5) is 0 Å². The van der Waals surface area contributed by atoms with Crippen molar-refractivity contribution in [3.05, 3.63) is 30.6 Å². The molecule has 64 valence electrons. The number of amides is 1. The van der Waals surface area contributed by atoms with Crippen LogP contribution in [-0.2, 0) is 11.3 Å². The number of H-pyrrole nitrogens is 1. The highest BCUT2D eigenvalue weighted by Crippen LogP contribution is 1.92. The molecule has 0 aliphatic rings. The van der Waals surface area contributed by atoms with E-state index in [-0.39, 0.29) is 5.91 Å². The van der Waals surface area contributed by atoms with E-state index in [1.165, 1.54) is 0 Å². The Morgan fingerprint density at radius 2 is 2.67 bits per heavy atom. The highest BCUT2D eigenvalue weighted by Gasteiger charge is 1.97. The van der Waals surface area contributed by atoms with Crippen LogP contribution in [0.5, 0.6) is 0 Å². The van der Waals surface area contributed by atoms with Crippen LogP contribution in [0.15, 0.2) is 25.0 Å². The van der Waals surface area contributed by atoms with Gasteiger partial charge >= 0.3 is 0 Å². The lowest BCUT2D eigenvalue weighted by molar-refractivity contribution is -0.120. The predicted octanol–water partition coefficient (Wildman–Crippen LogP) is 0.602. The molecule has 0 bridgehead atoms. The van der Waals surface area contributed by atoms with E-state index in [9.17, 15) is 4.79 Å². The summed E-state index contributed by atoms with van der Waals surface area (Å²) in [6, 6.07) is 0. The highest BCUT2D eigenvalue weighted by atomic mass is 16.1. The zero-order valence-corrected chi connectivity index (χ0v) is 6.71. The number of nitrogens with zero attached hydrogens (tertiary/aromatic N) is 1. The Morgan fingerprint density at radius 1 is 1.83 bits per heavy atom. The summed E-state index contributed by atoms with van der Waals surface area (Å²) in [7, 11) is 0. The standard InChI is InChI=1S/C8H11N3O/c1-2-3-8(12)9-4-7-5-10-11-6-7/h2,5-6H,1,3-4H2,(H,9,12)(H,10,11). The third kappa shape index (κ3) is 2.57. The Balaban J connectivity index is 2.26. The zero-order valence-electron chi connectivity index (χ0n) is 6.71. The molecular weight excluding hydrogens is 154 g/mol. The minimum atomic E-state index is -0.0220. The van der Waals surface area contributed by atoms with Gasteiger partial charge in [0.05, 0.1) is 6.20 Å². The second-order valence-electron chi connectivity index (χ2n) is 2.38. The second kappa shape index (κ2) is 4.33. The van der Waals surface area contributed by atoms with Crippen LogP contribution in [0.2, 0.25) is 0 Å². The van der Waals surface area contributed by atoms with Crippen molar-refractivity contribution in [1.82, 2.24) is 15.5 Å². The molecule has 0 aliphatic carbocycles. The van der Waals surface area contributed by atoms with Crippen LogP contribution in [0.1, 0.15) is 12.0 Å². The lowest BCUT2D eigenvalue weighted by atomic mass is 10.3. The molecule has 0 saturated carbocycles. The molecule has 0 spiro atoms. The Labute approximate surface area is 70.7 Å². The predicted molar refractivity (Wildman–Crippen MR) is 45.2 cm³/mol. The summed E-state index contributed by atoms with van der Waals surface area (Å²) in [6.07, 6.45) is 5.35. The smallest absolute Gasteiger partial charge is 0.224 e. The molecule has 1 aromatic heterocycles. The molecule has 12 heavy (non-hydrogen) atoms. The fourth-order valence-corrected chi connectivity index (χ4v) is 0.778. The van der Waals surface area contributed by atoms with Gasteiger partial charge in [0.15, 0.2) is 0 Å². The van der Waals surface area contributed by atoms with Gasteiger partial charge in [-0.3, -0.25) is 9.89 Å². The van der Waals surface area contributed by atoms with Crippen LogP contribution < -0.4 is 5.32 Å². The fourth-order valence-electron chi connectivity index (χ4n) is 0.778. The van der Waals surface area contributed by atoms with Crippen LogP contribution in [0, 0.1) is 0 Å². The molecule has 0 unspecified atom stereocenters. The maximum atomic E-state index is 10.9. The zero-order chi connectivity index (χ0) is 8.81. The van der Waals surface area contributed by atoms with E-state index < -0.39 is 0 Å². The summed E-state index contributed by atoms with van der Waals surface area (Å²) in [6.45, 7) is 3.98. The number of carbonyl (C=O) groups is 1. The van der Waals surface area contributed by atoms with Gasteiger partial charge in [-0.15, -0.1) is 6.58 Å². The molecule has 0 radical (unpaired) electrons. The third-order valence-corrected chi connectivity index (χ3v) is 1.37. The van der Waals surface area contributed by atoms with Crippen molar-refractivity contribution in [3.8, 4) is 0 Å². The number of aromatic amines is 1. The Morgan fingerprint density at radius 3 is 3.25 bits per heavy atom. The number of nitrogens with one attached hydrogen (secondary N) is 2. The molecule has 0 aromatic carbocycles. The number of carbonyl (C=O) groups excluding carboxylic acids is 1. The van der Waals surface area contributed by atoms with Gasteiger partial charge < -0.3 is 5.32 Å². The largest absolute Gasteiger partial charge is 0.352 e. The van der Waals surface area contributed by atoms with Crippen molar-refractivity contribution >= 4 is 5.91 Å². The number of hydrogen-bond acceptors (Lipinski definition) is 2. The van der Waals surface area contributed by atoms with Gasteiger partial charge in [0.1, 0.15) is 0 Å². The average Bonchev–Trinajstić information content (AvgIpc) is 2.53. The van der Waals surface area contributed by atoms with Crippen LogP contribution in [0.25, 0.3) is 0 Å². The SMILES string of the molecule is C=CCC(=O)NCc1cn[nH]c1. The van der Waals surface area contributed by atoms with Crippen LogP contribution in [-0.4, -0.2) is 16.1 Å². The first-order valence-corrected chi connectivity index (χ1v) is 3.68. The number of rotatable bonds is 4. The Kier molecular flexibility index (Phi) is 3.07. The number of aromatic nitrogens is 2. The summed E-state index contributed by atoms with van der Waals surface area (Å²) in [4.78, 5) is 10.9. The molecular formula is C8H11N3O. The van der Waals surface area contributed by atoms with Crippen molar-refractivity contribution < 1.29 is 4.79 Å². The van der Waals surface area contributed by atoms with E-state index in [0.717, 1.165) is 5.56 Å². The molecule has 0 saturated heterocycles. The summed E-state index contributed by atoms with van der Waals surface area (Å²) >= 11 is 0. The lowest BCUT2D eigenvalue weighted by Gasteiger charge is -1.99. The van der Waals surface area contributed by atoms with Crippen molar-refractivity contribution in [1.29, 1.82) is 0 Å². The molecule has 1 rings (SSSR count). The maximum Gasteiger partial charge on any atom is 0.224 e. The average molecular weight is 165 g/mol. The van der Waals surface area contributed by atoms with E-state index >= 15 is 0 Å². The molecule has 4 nitrogen and oxygen atoms in total. The Bertz CT molecular complexity index is 253. The molecule has 0 aliphatic heterocycles. The van der Waals surface area contributed by atoms with Gasteiger partial charge in [-0.05, 0) is 0 Å². The van der Waals surface area contributed by atoms with Crippen LogP contribution >= 0.6 is 0 Å². The van der Waals surface area contributed by atoms with E-state index in [0.29, 0.717) is 13.0 Å². The number of hydrogen-bond donors (Lipinski definition) is 2. The molecule has 1 aromatic rings. The van der Waals surface area contributed by atoms with E-state index in [4.69, 9.17) is 0 Å². The van der Waals surface area contributed by atoms with Gasteiger partial charge in [0, 0.05) is 24.7 Å². The minimum absolute atomic E-state index is 0.0220. The third-order valence-electron chi connectivity index (χ3n) is 1.37. The van der Waals surface area contributed by atoms with Crippen LogP contribution in [0.3, 0.4) is 0 Å². The van der Waals surface area contributed by atoms with E-state index in [1.54, 1.807) is 18.5 Å². The quantitative estimate of drug-likeness (QED) is 0.642. The van der Waals surface area contributed by atoms with Gasteiger partial charge in [0.2, 0.25) is 5.91 Å². The van der Waals surface area contributed by atoms with Crippen molar-refractivity contribution in [3.63, 3.8) is 0 Å². The van der Waals surface area contributed by atoms with Gasteiger partial charge in [-0.1, -0.05) is 6.08 Å². The summed E-state index contributed by atoms with van der Waals surface area (Å²) in [5.74, 6) is -0.0220. The normalized spacial score (nSPS) is 9.33. The molecule has 1 amide bonds. The second-order valence-corrected chi connectivity index (χ2v) is 2.38. The van der Waals surface area contributed by atoms with Gasteiger partial charge in [-0.25, -0.2) is 0 Å². The van der Waals surface area contributed by atoms with Gasteiger partial charge in [-0.2, -0.15) is 5.10 Å². The summed E-state index contributed by atoms with van der Waals surface area (Å²) in [5.41, 5.74) is 0.965. The van der Waals surface area contributed by atoms with Crippen molar-refractivity contribution in [2.24, 2.45) is 0 Å². The van der Waals surface area contributed by atoms with E-state index in [1.807, 2.05) is 0 Å². The Hall–Kier alpha value is -1.58. The fraction of sp³-hybridized carbons (Fsp3) is 0.250. The first-order chi connectivity index (χ1) is 5.83. The van der Waals surface area contributed by atoms with Crippen molar-refractivity contribution in [2.75, 3.05) is 0 Å². The maximum absolute atomic E-state index is 10.9. The molecule has 1 heterocycles. The van der Waals surface area contributed by atoms with Crippen molar-refractivity contribution in [2.45, 2.75) is 13.0 Å².